The molecular weight excluding hydrogens is 384 g/mol. The van der Waals surface area contributed by atoms with E-state index < -0.39 is 4.92 Å². The monoisotopic (exact) mass is 405 g/mol. The molecule has 3 N–H and O–H groups in total. The van der Waals surface area contributed by atoms with Gasteiger partial charge in [0.15, 0.2) is 0 Å². The topological polar surface area (TPSA) is 118 Å². The van der Waals surface area contributed by atoms with E-state index in [2.05, 4.69) is 37.7 Å². The van der Waals surface area contributed by atoms with Crippen molar-refractivity contribution in [3.8, 4) is 0 Å². The summed E-state index contributed by atoms with van der Waals surface area (Å²) in [5.74, 6) is 0. The summed E-state index contributed by atoms with van der Waals surface area (Å²) in [6.07, 6.45) is 4.15. The SMILES string of the molecule is CN1C=CN(CCNc2ccc(N=Nc3ccc([N+](=O)[O-])cc3)cc2)C1.O.[Cl-]. The number of hydrogen-bond donors (Lipinski definition) is 1. The van der Waals surface area contributed by atoms with E-state index in [1.54, 1.807) is 12.1 Å². The molecule has 3 rings (SSSR count). The average Bonchev–Trinajstić information content (AvgIpc) is 3.06. The number of nitro benzene ring substituents is 1. The fourth-order valence-corrected chi connectivity index (χ4v) is 2.48. The third-order valence-corrected chi connectivity index (χ3v) is 3.87. The molecule has 0 bridgehead atoms. The Morgan fingerprint density at radius 1 is 1.04 bits per heavy atom. The van der Waals surface area contributed by atoms with E-state index in [4.69, 9.17) is 0 Å². The molecule has 1 heterocycles. The fraction of sp³-hybridized carbons (Fsp3) is 0.222. The standard InChI is InChI=1S/C18H20N6O2.ClH.H2O/c1-22-12-13-23(14-22)11-10-19-15-2-4-16(5-3-15)20-21-17-6-8-18(9-7-17)24(25)26;;/h2-9,12-13,19H,10-11,14H2,1H3;1H;1H2/p-1. The quantitative estimate of drug-likeness (QED) is 0.403. The van der Waals surface area contributed by atoms with Crippen LogP contribution >= 0.6 is 0 Å². The summed E-state index contributed by atoms with van der Waals surface area (Å²) in [4.78, 5) is 14.6. The molecule has 1 aliphatic rings. The minimum absolute atomic E-state index is 0. The Balaban J connectivity index is 0.00000196. The second-order valence-electron chi connectivity index (χ2n) is 5.96. The summed E-state index contributed by atoms with van der Waals surface area (Å²) in [5.41, 5.74) is 2.35. The van der Waals surface area contributed by atoms with Gasteiger partial charge in [0.05, 0.1) is 23.0 Å². The van der Waals surface area contributed by atoms with Gasteiger partial charge in [0, 0.05) is 50.4 Å². The van der Waals surface area contributed by atoms with Crippen LogP contribution < -0.4 is 17.7 Å². The van der Waals surface area contributed by atoms with Crippen molar-refractivity contribution in [2.45, 2.75) is 0 Å². The summed E-state index contributed by atoms with van der Waals surface area (Å²) in [6.45, 7) is 2.70. The number of nitrogens with zero attached hydrogens (tertiary/aromatic N) is 5. The molecule has 0 fully saturated rings. The maximum atomic E-state index is 10.6. The van der Waals surface area contributed by atoms with Gasteiger partial charge in [0.2, 0.25) is 0 Å². The normalized spacial score (nSPS) is 12.6. The van der Waals surface area contributed by atoms with E-state index in [9.17, 15) is 10.1 Å². The second-order valence-corrected chi connectivity index (χ2v) is 5.96. The minimum Gasteiger partial charge on any atom is -1.00 e. The number of hydrogen-bond acceptors (Lipinski definition) is 7. The molecule has 0 aliphatic carbocycles. The van der Waals surface area contributed by atoms with Crippen molar-refractivity contribution in [1.82, 2.24) is 9.80 Å². The van der Waals surface area contributed by atoms with E-state index in [1.165, 1.54) is 12.1 Å². The first-order chi connectivity index (χ1) is 12.6. The van der Waals surface area contributed by atoms with Crippen LogP contribution in [0.25, 0.3) is 0 Å². The Bertz CT molecular complexity index is 811. The first-order valence-electron chi connectivity index (χ1n) is 8.23. The third kappa shape index (κ3) is 6.53. The average molecular weight is 406 g/mol. The van der Waals surface area contributed by atoms with Gasteiger partial charge < -0.3 is 33.0 Å². The van der Waals surface area contributed by atoms with E-state index in [0.717, 1.165) is 31.1 Å². The van der Waals surface area contributed by atoms with Gasteiger partial charge in [0.25, 0.3) is 5.69 Å². The van der Waals surface area contributed by atoms with Crippen LogP contribution in [0, 0.1) is 10.1 Å². The Morgan fingerprint density at radius 3 is 2.11 bits per heavy atom. The predicted molar refractivity (Wildman–Crippen MR) is 104 cm³/mol. The summed E-state index contributed by atoms with van der Waals surface area (Å²) >= 11 is 0. The number of benzene rings is 2. The lowest BCUT2D eigenvalue weighted by atomic mass is 10.3. The number of halogens is 1. The van der Waals surface area contributed by atoms with Gasteiger partial charge in [-0.25, -0.2) is 0 Å². The van der Waals surface area contributed by atoms with E-state index in [0.29, 0.717) is 5.69 Å². The number of nitro groups is 1. The highest BCUT2D eigenvalue weighted by Crippen LogP contribution is 2.22. The lowest BCUT2D eigenvalue weighted by molar-refractivity contribution is -0.384. The molecule has 0 aromatic heterocycles. The van der Waals surface area contributed by atoms with E-state index in [1.807, 2.05) is 31.3 Å². The summed E-state index contributed by atoms with van der Waals surface area (Å²) < 4.78 is 0. The maximum absolute atomic E-state index is 10.6. The van der Waals surface area contributed by atoms with Crippen molar-refractivity contribution in [3.63, 3.8) is 0 Å². The summed E-state index contributed by atoms with van der Waals surface area (Å²) in [5, 5.41) is 22.2. The Labute approximate surface area is 169 Å². The van der Waals surface area contributed by atoms with E-state index >= 15 is 0 Å². The molecule has 0 spiro atoms. The maximum Gasteiger partial charge on any atom is 0.269 e. The largest absolute Gasteiger partial charge is 1.00 e. The van der Waals surface area contributed by atoms with Crippen molar-refractivity contribution in [1.29, 1.82) is 0 Å². The van der Waals surface area contributed by atoms with Gasteiger partial charge in [-0.3, -0.25) is 10.1 Å². The van der Waals surface area contributed by atoms with Gasteiger partial charge in [0.1, 0.15) is 0 Å². The van der Waals surface area contributed by atoms with Gasteiger partial charge in [-0.05, 0) is 36.4 Å². The van der Waals surface area contributed by atoms with Gasteiger partial charge in [-0.15, -0.1) is 0 Å². The molecular formula is C18H22ClN6O3-. The van der Waals surface area contributed by atoms with Crippen LogP contribution in [0.15, 0.2) is 71.2 Å². The molecule has 0 atom stereocenters. The zero-order valence-corrected chi connectivity index (χ0v) is 16.1. The van der Waals surface area contributed by atoms with Crippen molar-refractivity contribution < 1.29 is 22.8 Å². The number of rotatable bonds is 7. The molecule has 10 heteroatoms. The van der Waals surface area contributed by atoms with Crippen LogP contribution in [0.1, 0.15) is 0 Å². The molecule has 2 aromatic carbocycles. The van der Waals surface area contributed by atoms with Crippen molar-refractivity contribution in [2.75, 3.05) is 32.1 Å². The molecule has 0 saturated heterocycles. The molecule has 0 radical (unpaired) electrons. The third-order valence-electron chi connectivity index (χ3n) is 3.87. The molecule has 150 valence electrons. The molecule has 9 nitrogen and oxygen atoms in total. The van der Waals surface area contributed by atoms with Crippen LogP contribution in [0.3, 0.4) is 0 Å². The smallest absolute Gasteiger partial charge is 0.269 e. The Kier molecular flexibility index (Phi) is 8.86. The van der Waals surface area contributed by atoms with Crippen LogP contribution in [-0.4, -0.2) is 47.0 Å². The number of non-ortho nitro benzene ring substituents is 1. The first-order valence-corrected chi connectivity index (χ1v) is 8.23. The highest BCUT2D eigenvalue weighted by molar-refractivity contribution is 5.51. The lowest BCUT2D eigenvalue weighted by Gasteiger charge is -2.18. The zero-order valence-electron chi connectivity index (χ0n) is 15.3. The Morgan fingerprint density at radius 2 is 1.61 bits per heavy atom. The first kappa shape index (κ1) is 22.9. The minimum atomic E-state index is -0.440. The molecule has 1 aliphatic heterocycles. The predicted octanol–water partition coefficient (Wildman–Crippen LogP) is 0.277. The molecule has 0 amide bonds. The molecule has 2 aromatic rings. The van der Waals surface area contributed by atoms with Crippen LogP contribution in [0.5, 0.6) is 0 Å². The highest BCUT2D eigenvalue weighted by atomic mass is 35.5. The van der Waals surface area contributed by atoms with Crippen molar-refractivity contribution >= 4 is 22.7 Å². The number of anilines is 1. The van der Waals surface area contributed by atoms with Crippen LogP contribution in [0.4, 0.5) is 22.7 Å². The summed E-state index contributed by atoms with van der Waals surface area (Å²) in [7, 11) is 2.05. The van der Waals surface area contributed by atoms with Gasteiger partial charge in [-0.1, -0.05) is 0 Å². The van der Waals surface area contributed by atoms with Crippen molar-refractivity contribution in [3.05, 3.63) is 71.0 Å². The van der Waals surface area contributed by atoms with Crippen LogP contribution in [-0.2, 0) is 0 Å². The van der Waals surface area contributed by atoms with Crippen molar-refractivity contribution in [2.24, 2.45) is 10.2 Å². The zero-order chi connectivity index (χ0) is 18.4. The second kappa shape index (κ2) is 10.9. The van der Waals surface area contributed by atoms with Crippen LogP contribution in [0.2, 0.25) is 0 Å². The molecule has 28 heavy (non-hydrogen) atoms. The molecule has 0 unspecified atom stereocenters. The fourth-order valence-electron chi connectivity index (χ4n) is 2.48. The number of azo groups is 1. The van der Waals surface area contributed by atoms with Gasteiger partial charge in [-0.2, -0.15) is 10.2 Å². The van der Waals surface area contributed by atoms with Gasteiger partial charge >= 0.3 is 0 Å². The number of nitrogens with one attached hydrogen (secondary N) is 1. The lowest BCUT2D eigenvalue weighted by Crippen LogP contribution is -3.00. The summed E-state index contributed by atoms with van der Waals surface area (Å²) in [6, 6.07) is 13.6. The molecule has 0 saturated carbocycles. The Hall–Kier alpha value is -3.17. The van der Waals surface area contributed by atoms with E-state index in [-0.39, 0.29) is 23.6 Å². The highest BCUT2D eigenvalue weighted by Gasteiger charge is 2.07.